The monoisotopic (exact) mass is 288 g/mol. The minimum atomic E-state index is -0.306. The molecule has 0 unspecified atom stereocenters. The molecule has 1 aliphatic rings. The number of hydrogen-bond donors (Lipinski definition) is 0. The minimum Gasteiger partial charge on any atom is -0.345 e. The average molecular weight is 288 g/mol. The topological polar surface area (TPSA) is 35.5 Å². The van der Waals surface area contributed by atoms with E-state index in [1.54, 1.807) is 0 Å². The highest BCUT2D eigenvalue weighted by atomic mass is 32.1. The SMILES string of the molecule is Cc1cccc(C)c1C(=O)c1ccc(C2OCCO2)s1. The molecule has 0 spiro atoms. The Hall–Kier alpha value is -1.49. The molecule has 1 aliphatic heterocycles. The quantitative estimate of drug-likeness (QED) is 0.809. The van der Waals surface area contributed by atoms with Crippen molar-refractivity contribution in [3.8, 4) is 0 Å². The molecule has 0 amide bonds. The van der Waals surface area contributed by atoms with Crippen molar-refractivity contribution in [2.45, 2.75) is 20.1 Å². The molecule has 3 nitrogen and oxygen atoms in total. The summed E-state index contributed by atoms with van der Waals surface area (Å²) in [6.45, 7) is 5.17. The molecule has 0 atom stereocenters. The van der Waals surface area contributed by atoms with E-state index in [1.807, 2.05) is 44.2 Å². The van der Waals surface area contributed by atoms with E-state index < -0.39 is 0 Å². The molecule has 4 heteroatoms. The molecule has 20 heavy (non-hydrogen) atoms. The number of carbonyl (C=O) groups is 1. The maximum absolute atomic E-state index is 12.6. The van der Waals surface area contributed by atoms with E-state index >= 15 is 0 Å². The van der Waals surface area contributed by atoms with Crippen LogP contribution in [0.1, 0.15) is 37.5 Å². The summed E-state index contributed by atoms with van der Waals surface area (Å²) in [4.78, 5) is 14.3. The van der Waals surface area contributed by atoms with Crippen molar-refractivity contribution in [1.82, 2.24) is 0 Å². The molecule has 2 aromatic rings. The highest BCUT2D eigenvalue weighted by molar-refractivity contribution is 7.14. The Morgan fingerprint density at radius 2 is 1.75 bits per heavy atom. The molecule has 0 bridgehead atoms. The molecule has 1 saturated heterocycles. The number of ether oxygens (including phenoxy) is 2. The van der Waals surface area contributed by atoms with E-state index in [0.29, 0.717) is 13.2 Å². The molecule has 0 saturated carbocycles. The van der Waals surface area contributed by atoms with Gasteiger partial charge in [-0.05, 0) is 37.1 Å². The van der Waals surface area contributed by atoms with Gasteiger partial charge in [0.05, 0.1) is 23.0 Å². The lowest BCUT2D eigenvalue weighted by molar-refractivity contribution is -0.0413. The van der Waals surface area contributed by atoms with Gasteiger partial charge in [-0.25, -0.2) is 0 Å². The minimum absolute atomic E-state index is 0.0786. The van der Waals surface area contributed by atoms with Gasteiger partial charge < -0.3 is 9.47 Å². The first-order chi connectivity index (χ1) is 9.66. The molecular formula is C16H16O3S. The van der Waals surface area contributed by atoms with Crippen LogP contribution in [0, 0.1) is 13.8 Å². The summed E-state index contributed by atoms with van der Waals surface area (Å²) in [7, 11) is 0. The predicted molar refractivity (Wildman–Crippen MR) is 78.3 cm³/mol. The van der Waals surface area contributed by atoms with Gasteiger partial charge in [0.15, 0.2) is 6.29 Å². The van der Waals surface area contributed by atoms with Gasteiger partial charge >= 0.3 is 0 Å². The van der Waals surface area contributed by atoms with Crippen LogP contribution in [0.4, 0.5) is 0 Å². The number of rotatable bonds is 3. The molecule has 0 aliphatic carbocycles. The lowest BCUT2D eigenvalue weighted by atomic mass is 9.98. The molecule has 3 rings (SSSR count). The van der Waals surface area contributed by atoms with Gasteiger partial charge in [0, 0.05) is 5.56 Å². The van der Waals surface area contributed by atoms with E-state index in [4.69, 9.17) is 9.47 Å². The number of hydrogen-bond acceptors (Lipinski definition) is 4. The van der Waals surface area contributed by atoms with Crippen LogP contribution in [0.5, 0.6) is 0 Å². The molecule has 2 heterocycles. The first-order valence-electron chi connectivity index (χ1n) is 6.60. The third kappa shape index (κ3) is 2.42. The van der Waals surface area contributed by atoms with Gasteiger partial charge in [0.25, 0.3) is 0 Å². The smallest absolute Gasteiger partial charge is 0.203 e. The summed E-state index contributed by atoms with van der Waals surface area (Å²) in [6, 6.07) is 9.69. The molecule has 0 radical (unpaired) electrons. The molecule has 1 aromatic heterocycles. The van der Waals surface area contributed by atoms with E-state index in [9.17, 15) is 4.79 Å². The summed E-state index contributed by atoms with van der Waals surface area (Å²) >= 11 is 1.45. The number of benzene rings is 1. The zero-order valence-electron chi connectivity index (χ0n) is 11.5. The van der Waals surface area contributed by atoms with Gasteiger partial charge in [0.1, 0.15) is 0 Å². The maximum atomic E-state index is 12.6. The maximum Gasteiger partial charge on any atom is 0.203 e. The standard InChI is InChI=1S/C16H16O3S/c1-10-4-3-5-11(2)14(10)15(17)12-6-7-13(20-12)16-18-8-9-19-16/h3-7,16H,8-9H2,1-2H3. The predicted octanol–water partition coefficient (Wildman–Crippen LogP) is 3.64. The summed E-state index contributed by atoms with van der Waals surface area (Å²) in [6.07, 6.45) is -0.306. The number of ketones is 1. The summed E-state index contributed by atoms with van der Waals surface area (Å²) in [5.41, 5.74) is 2.82. The largest absolute Gasteiger partial charge is 0.345 e. The number of carbonyl (C=O) groups excluding carboxylic acids is 1. The van der Waals surface area contributed by atoms with Gasteiger partial charge in [-0.15, -0.1) is 11.3 Å². The van der Waals surface area contributed by atoms with Crippen LogP contribution in [0.15, 0.2) is 30.3 Å². The van der Waals surface area contributed by atoms with Crippen molar-refractivity contribution < 1.29 is 14.3 Å². The normalized spacial score (nSPS) is 15.7. The van der Waals surface area contributed by atoms with Crippen molar-refractivity contribution in [3.05, 3.63) is 56.8 Å². The first-order valence-corrected chi connectivity index (χ1v) is 7.42. The van der Waals surface area contributed by atoms with Crippen molar-refractivity contribution >= 4 is 17.1 Å². The molecule has 1 fully saturated rings. The van der Waals surface area contributed by atoms with E-state index in [0.717, 1.165) is 26.4 Å². The zero-order valence-corrected chi connectivity index (χ0v) is 12.3. The fourth-order valence-corrected chi connectivity index (χ4v) is 3.37. The Labute approximate surface area is 122 Å². The third-order valence-electron chi connectivity index (χ3n) is 3.41. The fourth-order valence-electron chi connectivity index (χ4n) is 2.42. The van der Waals surface area contributed by atoms with Crippen LogP contribution in [0.25, 0.3) is 0 Å². The van der Waals surface area contributed by atoms with Crippen molar-refractivity contribution in [2.24, 2.45) is 0 Å². The number of thiophene rings is 1. The van der Waals surface area contributed by atoms with E-state index in [1.165, 1.54) is 11.3 Å². The Balaban J connectivity index is 1.91. The van der Waals surface area contributed by atoms with Crippen LogP contribution in [-0.2, 0) is 9.47 Å². The summed E-state index contributed by atoms with van der Waals surface area (Å²) in [5.74, 6) is 0.0786. The molecular weight excluding hydrogens is 272 g/mol. The van der Waals surface area contributed by atoms with Crippen LogP contribution in [-0.4, -0.2) is 19.0 Å². The van der Waals surface area contributed by atoms with Gasteiger partial charge in [-0.3, -0.25) is 4.79 Å². The number of aryl methyl sites for hydroxylation is 2. The fraction of sp³-hybridized carbons (Fsp3) is 0.312. The van der Waals surface area contributed by atoms with Crippen LogP contribution >= 0.6 is 11.3 Å². The molecule has 104 valence electrons. The lowest BCUT2D eigenvalue weighted by Gasteiger charge is -2.07. The Kier molecular flexibility index (Phi) is 3.70. The summed E-state index contributed by atoms with van der Waals surface area (Å²) in [5, 5.41) is 0. The third-order valence-corrected chi connectivity index (χ3v) is 4.52. The molecule has 1 aromatic carbocycles. The van der Waals surface area contributed by atoms with Crippen molar-refractivity contribution in [1.29, 1.82) is 0 Å². The van der Waals surface area contributed by atoms with Gasteiger partial charge in [-0.1, -0.05) is 18.2 Å². The van der Waals surface area contributed by atoms with Gasteiger partial charge in [-0.2, -0.15) is 0 Å². The van der Waals surface area contributed by atoms with E-state index in [-0.39, 0.29) is 12.1 Å². The highest BCUT2D eigenvalue weighted by Crippen LogP contribution is 2.31. The second-order valence-corrected chi connectivity index (χ2v) is 5.99. The summed E-state index contributed by atoms with van der Waals surface area (Å²) < 4.78 is 10.9. The van der Waals surface area contributed by atoms with Crippen LogP contribution < -0.4 is 0 Å². The second-order valence-electron chi connectivity index (χ2n) is 4.87. The highest BCUT2D eigenvalue weighted by Gasteiger charge is 2.22. The average Bonchev–Trinajstić information content (AvgIpc) is 3.09. The van der Waals surface area contributed by atoms with Crippen LogP contribution in [0.2, 0.25) is 0 Å². The lowest BCUT2D eigenvalue weighted by Crippen LogP contribution is -2.04. The first kappa shape index (κ1) is 13.5. The van der Waals surface area contributed by atoms with Crippen molar-refractivity contribution in [2.75, 3.05) is 13.2 Å². The Bertz CT molecular complexity index is 619. The zero-order chi connectivity index (χ0) is 14.1. The van der Waals surface area contributed by atoms with Crippen LogP contribution in [0.3, 0.4) is 0 Å². The van der Waals surface area contributed by atoms with Crippen molar-refractivity contribution in [3.63, 3.8) is 0 Å². The van der Waals surface area contributed by atoms with E-state index in [2.05, 4.69) is 0 Å². The second kappa shape index (κ2) is 5.48. The molecule has 0 N–H and O–H groups in total. The van der Waals surface area contributed by atoms with Gasteiger partial charge in [0.2, 0.25) is 5.78 Å². The Morgan fingerprint density at radius 1 is 1.10 bits per heavy atom. The Morgan fingerprint density at radius 3 is 2.40 bits per heavy atom.